The molecule has 0 saturated carbocycles. The summed E-state index contributed by atoms with van der Waals surface area (Å²) in [7, 11) is 0. The van der Waals surface area contributed by atoms with Crippen molar-refractivity contribution >= 4 is 5.78 Å². The Morgan fingerprint density at radius 1 is 1.60 bits per heavy atom. The first-order valence-corrected chi connectivity index (χ1v) is 3.59. The third-order valence-corrected chi connectivity index (χ3v) is 2.40. The lowest BCUT2D eigenvalue weighted by molar-refractivity contribution is -0.115. The second kappa shape index (κ2) is 1.92. The maximum atomic E-state index is 11.1. The Morgan fingerprint density at radius 3 is 3.10 bits per heavy atom. The van der Waals surface area contributed by atoms with E-state index in [0.29, 0.717) is 24.7 Å². The Balaban J connectivity index is 2.37. The van der Waals surface area contributed by atoms with E-state index in [4.69, 9.17) is 4.74 Å². The SMILES string of the molecule is CC1=C2COCC2CC1=O. The lowest BCUT2D eigenvalue weighted by Crippen LogP contribution is -2.00. The minimum Gasteiger partial charge on any atom is -0.376 e. The summed E-state index contributed by atoms with van der Waals surface area (Å²) in [5.41, 5.74) is 2.22. The van der Waals surface area contributed by atoms with Crippen molar-refractivity contribution in [2.75, 3.05) is 13.2 Å². The number of carbonyl (C=O) groups excluding carboxylic acids is 1. The first kappa shape index (κ1) is 6.10. The fraction of sp³-hybridized carbons (Fsp3) is 0.625. The van der Waals surface area contributed by atoms with Gasteiger partial charge in [0.05, 0.1) is 13.2 Å². The highest BCUT2D eigenvalue weighted by Gasteiger charge is 2.33. The first-order chi connectivity index (χ1) is 4.79. The molecule has 0 bridgehead atoms. The van der Waals surface area contributed by atoms with Crippen LogP contribution in [0.5, 0.6) is 0 Å². The van der Waals surface area contributed by atoms with E-state index in [0.717, 1.165) is 12.2 Å². The predicted molar refractivity (Wildman–Crippen MR) is 36.6 cm³/mol. The van der Waals surface area contributed by atoms with Gasteiger partial charge in [-0.2, -0.15) is 0 Å². The molecule has 0 aromatic carbocycles. The van der Waals surface area contributed by atoms with Crippen molar-refractivity contribution in [3.05, 3.63) is 11.1 Å². The van der Waals surface area contributed by atoms with Crippen LogP contribution in [0.2, 0.25) is 0 Å². The zero-order valence-electron chi connectivity index (χ0n) is 6.02. The van der Waals surface area contributed by atoms with Gasteiger partial charge in [0.25, 0.3) is 0 Å². The second-order valence-electron chi connectivity index (χ2n) is 2.99. The number of ketones is 1. The van der Waals surface area contributed by atoms with Crippen LogP contribution in [0.25, 0.3) is 0 Å². The topological polar surface area (TPSA) is 26.3 Å². The van der Waals surface area contributed by atoms with Crippen LogP contribution in [0.15, 0.2) is 11.1 Å². The van der Waals surface area contributed by atoms with Crippen LogP contribution < -0.4 is 0 Å². The Kier molecular flexibility index (Phi) is 1.17. The highest BCUT2D eigenvalue weighted by molar-refractivity contribution is 5.98. The molecule has 54 valence electrons. The summed E-state index contributed by atoms with van der Waals surface area (Å²) in [6, 6.07) is 0. The van der Waals surface area contributed by atoms with Gasteiger partial charge in [-0.05, 0) is 18.1 Å². The summed E-state index contributed by atoms with van der Waals surface area (Å²) >= 11 is 0. The van der Waals surface area contributed by atoms with Crippen molar-refractivity contribution in [2.24, 2.45) is 5.92 Å². The van der Waals surface area contributed by atoms with E-state index in [2.05, 4.69) is 0 Å². The summed E-state index contributed by atoms with van der Waals surface area (Å²) in [6.07, 6.45) is 0.696. The highest BCUT2D eigenvalue weighted by atomic mass is 16.5. The second-order valence-corrected chi connectivity index (χ2v) is 2.99. The first-order valence-electron chi connectivity index (χ1n) is 3.59. The summed E-state index contributed by atoms with van der Waals surface area (Å²) in [6.45, 7) is 3.37. The van der Waals surface area contributed by atoms with Crippen LogP contribution in [-0.4, -0.2) is 19.0 Å². The van der Waals surface area contributed by atoms with Crippen molar-refractivity contribution in [3.8, 4) is 0 Å². The normalized spacial score (nSPS) is 31.7. The third-order valence-electron chi connectivity index (χ3n) is 2.40. The molecule has 2 rings (SSSR count). The van der Waals surface area contributed by atoms with Gasteiger partial charge >= 0.3 is 0 Å². The number of carbonyl (C=O) groups is 1. The molecule has 10 heavy (non-hydrogen) atoms. The van der Waals surface area contributed by atoms with E-state index in [-0.39, 0.29) is 0 Å². The molecular formula is C8H10O2. The molecule has 1 heterocycles. The lowest BCUT2D eigenvalue weighted by Gasteiger charge is -1.95. The fourth-order valence-corrected chi connectivity index (χ4v) is 1.68. The van der Waals surface area contributed by atoms with Gasteiger partial charge in [-0.25, -0.2) is 0 Å². The van der Waals surface area contributed by atoms with Gasteiger partial charge in [-0.3, -0.25) is 4.79 Å². The van der Waals surface area contributed by atoms with Gasteiger partial charge in [0.1, 0.15) is 0 Å². The number of ether oxygens (including phenoxy) is 1. The Bertz CT molecular complexity index is 215. The third kappa shape index (κ3) is 0.655. The molecular weight excluding hydrogens is 128 g/mol. The average molecular weight is 138 g/mol. The van der Waals surface area contributed by atoms with Gasteiger partial charge in [0, 0.05) is 12.3 Å². The molecule has 1 aliphatic carbocycles. The molecule has 1 saturated heterocycles. The standard InChI is InChI=1S/C8H10O2/c1-5-7-4-10-3-6(7)2-8(5)9/h6H,2-4H2,1H3. The molecule has 0 spiro atoms. The van der Waals surface area contributed by atoms with E-state index in [1.165, 1.54) is 5.57 Å². The molecule has 1 atom stereocenters. The number of fused-ring (bicyclic) bond motifs is 1. The number of Topliss-reactive ketones (excluding diaryl/α,β-unsaturated/α-hetero) is 1. The van der Waals surface area contributed by atoms with Crippen LogP contribution in [-0.2, 0) is 9.53 Å². The van der Waals surface area contributed by atoms with Gasteiger partial charge in [0.15, 0.2) is 5.78 Å². The van der Waals surface area contributed by atoms with Crippen molar-refractivity contribution < 1.29 is 9.53 Å². The Hall–Kier alpha value is -0.630. The van der Waals surface area contributed by atoms with Gasteiger partial charge in [0.2, 0.25) is 0 Å². The Morgan fingerprint density at radius 2 is 2.40 bits per heavy atom. The zero-order valence-corrected chi connectivity index (χ0v) is 6.02. The summed E-state index contributed by atoms with van der Waals surface area (Å²) in [4.78, 5) is 11.1. The minimum atomic E-state index is 0.323. The molecule has 0 N–H and O–H groups in total. The van der Waals surface area contributed by atoms with Gasteiger partial charge in [-0.1, -0.05) is 0 Å². The number of hydrogen-bond donors (Lipinski definition) is 0. The molecule has 1 aliphatic heterocycles. The summed E-state index contributed by atoms with van der Waals surface area (Å²) in [5, 5.41) is 0. The molecule has 0 radical (unpaired) electrons. The van der Waals surface area contributed by atoms with Crippen LogP contribution in [0.1, 0.15) is 13.3 Å². The van der Waals surface area contributed by atoms with Crippen molar-refractivity contribution in [2.45, 2.75) is 13.3 Å². The molecule has 0 amide bonds. The van der Waals surface area contributed by atoms with E-state index in [1.807, 2.05) is 6.92 Å². The molecule has 1 unspecified atom stereocenters. The maximum Gasteiger partial charge on any atom is 0.159 e. The van der Waals surface area contributed by atoms with E-state index >= 15 is 0 Å². The van der Waals surface area contributed by atoms with Crippen LogP contribution in [0.3, 0.4) is 0 Å². The van der Waals surface area contributed by atoms with E-state index in [1.54, 1.807) is 0 Å². The van der Waals surface area contributed by atoms with Crippen molar-refractivity contribution in [3.63, 3.8) is 0 Å². The van der Waals surface area contributed by atoms with Gasteiger partial charge < -0.3 is 4.74 Å². The number of allylic oxidation sites excluding steroid dienone is 1. The van der Waals surface area contributed by atoms with E-state index in [9.17, 15) is 4.79 Å². The van der Waals surface area contributed by atoms with Crippen LogP contribution in [0.4, 0.5) is 0 Å². The number of rotatable bonds is 0. The van der Waals surface area contributed by atoms with Crippen LogP contribution in [0, 0.1) is 5.92 Å². The maximum absolute atomic E-state index is 11.1. The van der Waals surface area contributed by atoms with Crippen molar-refractivity contribution in [1.29, 1.82) is 0 Å². The molecule has 2 aliphatic rings. The molecule has 2 heteroatoms. The van der Waals surface area contributed by atoms with Crippen LogP contribution >= 0.6 is 0 Å². The lowest BCUT2D eigenvalue weighted by atomic mass is 10.1. The number of hydrogen-bond acceptors (Lipinski definition) is 2. The summed E-state index contributed by atoms with van der Waals surface area (Å²) < 4.78 is 5.22. The summed E-state index contributed by atoms with van der Waals surface area (Å²) in [5.74, 6) is 0.760. The fourth-order valence-electron chi connectivity index (χ4n) is 1.68. The molecule has 1 fully saturated rings. The molecule has 0 aromatic rings. The smallest absolute Gasteiger partial charge is 0.159 e. The minimum absolute atomic E-state index is 0.323. The predicted octanol–water partition coefficient (Wildman–Crippen LogP) is 0.922. The van der Waals surface area contributed by atoms with Gasteiger partial charge in [-0.15, -0.1) is 0 Å². The average Bonchev–Trinajstić information content (AvgIpc) is 2.41. The monoisotopic (exact) mass is 138 g/mol. The molecule has 0 aromatic heterocycles. The zero-order chi connectivity index (χ0) is 7.14. The van der Waals surface area contributed by atoms with E-state index < -0.39 is 0 Å². The van der Waals surface area contributed by atoms with Crippen molar-refractivity contribution in [1.82, 2.24) is 0 Å². The highest BCUT2D eigenvalue weighted by Crippen LogP contribution is 2.33. The largest absolute Gasteiger partial charge is 0.376 e. The Labute approximate surface area is 59.9 Å². The molecule has 2 nitrogen and oxygen atoms in total. The quantitative estimate of drug-likeness (QED) is 0.497.